The molecule has 2 fully saturated rings. The van der Waals surface area contributed by atoms with Gasteiger partial charge in [0, 0.05) is 12.5 Å². The first-order valence-corrected chi connectivity index (χ1v) is 7.04. The van der Waals surface area contributed by atoms with Gasteiger partial charge in [-0.1, -0.05) is 6.42 Å². The van der Waals surface area contributed by atoms with Gasteiger partial charge in [-0.2, -0.15) is 0 Å². The van der Waals surface area contributed by atoms with E-state index in [1.165, 1.54) is 0 Å². The second kappa shape index (κ2) is 5.49. The summed E-state index contributed by atoms with van der Waals surface area (Å²) in [5.74, 6) is -1.14. The van der Waals surface area contributed by atoms with Gasteiger partial charge in [-0.15, -0.1) is 0 Å². The minimum absolute atomic E-state index is 0.110. The van der Waals surface area contributed by atoms with E-state index in [4.69, 9.17) is 9.84 Å². The van der Waals surface area contributed by atoms with E-state index in [-0.39, 0.29) is 23.3 Å². The Morgan fingerprint density at radius 3 is 2.58 bits per heavy atom. The fourth-order valence-corrected chi connectivity index (χ4v) is 3.13. The zero-order valence-electron chi connectivity index (χ0n) is 11.7. The molecule has 1 N–H and O–H groups in total. The lowest BCUT2D eigenvalue weighted by atomic mass is 9.80. The van der Waals surface area contributed by atoms with Gasteiger partial charge < -0.3 is 14.7 Å². The molecule has 1 aliphatic heterocycles. The minimum atomic E-state index is -0.765. The van der Waals surface area contributed by atoms with Crippen LogP contribution in [0.2, 0.25) is 0 Å². The Balaban J connectivity index is 2.04. The first-order valence-electron chi connectivity index (χ1n) is 7.04. The van der Waals surface area contributed by atoms with Crippen molar-refractivity contribution < 1.29 is 19.4 Å². The Bertz CT molecular complexity index is 366. The Labute approximate surface area is 113 Å². The van der Waals surface area contributed by atoms with E-state index in [0.717, 1.165) is 12.8 Å². The van der Waals surface area contributed by atoms with Crippen LogP contribution in [0, 0.1) is 11.8 Å². The number of aliphatic carboxylic acids is 1. The molecule has 2 aliphatic rings. The summed E-state index contributed by atoms with van der Waals surface area (Å²) in [5.41, 5.74) is -0.286. The fraction of sp³-hybridized carbons (Fsp3) is 0.857. The summed E-state index contributed by atoms with van der Waals surface area (Å²) in [6.07, 6.45) is 2.83. The van der Waals surface area contributed by atoms with Crippen molar-refractivity contribution in [2.45, 2.75) is 45.1 Å². The number of carbonyl (C=O) groups is 2. The molecule has 19 heavy (non-hydrogen) atoms. The first kappa shape index (κ1) is 14.3. The summed E-state index contributed by atoms with van der Waals surface area (Å²) in [6.45, 7) is 5.74. The van der Waals surface area contributed by atoms with Gasteiger partial charge in [0.1, 0.15) is 0 Å². The van der Waals surface area contributed by atoms with Crippen molar-refractivity contribution in [2.24, 2.45) is 11.8 Å². The molecule has 1 amide bonds. The zero-order chi connectivity index (χ0) is 14.0. The summed E-state index contributed by atoms with van der Waals surface area (Å²) in [6, 6.07) is 0. The van der Waals surface area contributed by atoms with Crippen LogP contribution in [0.25, 0.3) is 0 Å². The fourth-order valence-electron chi connectivity index (χ4n) is 3.13. The molecule has 1 aliphatic carbocycles. The third-order valence-corrected chi connectivity index (χ3v) is 4.28. The topological polar surface area (TPSA) is 66.8 Å². The third-order valence-electron chi connectivity index (χ3n) is 4.28. The molecule has 0 aromatic rings. The molecule has 0 spiro atoms. The normalized spacial score (nSPS) is 30.9. The highest BCUT2D eigenvalue weighted by molar-refractivity contribution is 5.81. The zero-order valence-corrected chi connectivity index (χ0v) is 11.7. The summed E-state index contributed by atoms with van der Waals surface area (Å²) in [5, 5.41) is 9.11. The predicted octanol–water partition coefficient (Wildman–Crippen LogP) is 1.51. The molecule has 108 valence electrons. The van der Waals surface area contributed by atoms with Crippen LogP contribution in [0.4, 0.5) is 0 Å². The largest absolute Gasteiger partial charge is 0.481 e. The minimum Gasteiger partial charge on any atom is -0.481 e. The molecular formula is C14H23NO4. The van der Waals surface area contributed by atoms with E-state index in [9.17, 15) is 9.59 Å². The van der Waals surface area contributed by atoms with Crippen LogP contribution >= 0.6 is 0 Å². The van der Waals surface area contributed by atoms with Gasteiger partial charge in [-0.3, -0.25) is 9.59 Å². The van der Waals surface area contributed by atoms with E-state index in [1.807, 2.05) is 18.7 Å². The average molecular weight is 269 g/mol. The maximum atomic E-state index is 12.6. The van der Waals surface area contributed by atoms with E-state index < -0.39 is 5.97 Å². The summed E-state index contributed by atoms with van der Waals surface area (Å²) >= 11 is 0. The first-order chi connectivity index (χ1) is 8.92. The highest BCUT2D eigenvalue weighted by Crippen LogP contribution is 2.32. The van der Waals surface area contributed by atoms with Crippen molar-refractivity contribution in [3.05, 3.63) is 0 Å². The number of rotatable bonds is 2. The van der Waals surface area contributed by atoms with Crippen molar-refractivity contribution in [3.8, 4) is 0 Å². The second-order valence-electron chi connectivity index (χ2n) is 6.25. The molecule has 0 bridgehead atoms. The summed E-state index contributed by atoms with van der Waals surface area (Å²) < 4.78 is 5.42. The number of morpholine rings is 1. The lowest BCUT2D eigenvalue weighted by Gasteiger charge is -2.44. The molecule has 2 rings (SSSR count). The molecule has 1 heterocycles. The number of carboxylic acids is 1. The molecule has 5 heteroatoms. The summed E-state index contributed by atoms with van der Waals surface area (Å²) in [4.78, 5) is 25.6. The molecule has 0 aromatic carbocycles. The predicted molar refractivity (Wildman–Crippen MR) is 69.7 cm³/mol. The van der Waals surface area contributed by atoms with Crippen LogP contribution in [0.5, 0.6) is 0 Å². The van der Waals surface area contributed by atoms with Gasteiger partial charge in [0.15, 0.2) is 0 Å². The maximum absolute atomic E-state index is 12.6. The van der Waals surface area contributed by atoms with Gasteiger partial charge in [-0.25, -0.2) is 0 Å². The molecule has 1 saturated heterocycles. The highest BCUT2D eigenvalue weighted by Gasteiger charge is 2.39. The lowest BCUT2D eigenvalue weighted by Crippen LogP contribution is -2.57. The molecule has 0 aromatic heterocycles. The van der Waals surface area contributed by atoms with E-state index >= 15 is 0 Å². The molecular weight excluding hydrogens is 246 g/mol. The Morgan fingerprint density at radius 2 is 1.95 bits per heavy atom. The highest BCUT2D eigenvalue weighted by atomic mass is 16.5. The van der Waals surface area contributed by atoms with Crippen molar-refractivity contribution >= 4 is 11.9 Å². The number of carbonyl (C=O) groups excluding carboxylic acids is 1. The SMILES string of the molecule is CC1(C)COCCN1C(=O)C1CCCC(C(=O)O)C1. The van der Waals surface area contributed by atoms with E-state index in [0.29, 0.717) is 32.6 Å². The molecule has 2 unspecified atom stereocenters. The Morgan fingerprint density at radius 1 is 1.26 bits per heavy atom. The monoisotopic (exact) mass is 269 g/mol. The van der Waals surface area contributed by atoms with Crippen molar-refractivity contribution in [3.63, 3.8) is 0 Å². The van der Waals surface area contributed by atoms with Crippen LogP contribution in [0.15, 0.2) is 0 Å². The van der Waals surface area contributed by atoms with Crippen LogP contribution in [-0.2, 0) is 14.3 Å². The Hall–Kier alpha value is -1.10. The van der Waals surface area contributed by atoms with E-state index in [1.54, 1.807) is 0 Å². The number of carboxylic acid groups (broad SMARTS) is 1. The number of nitrogens with zero attached hydrogens (tertiary/aromatic N) is 1. The second-order valence-corrected chi connectivity index (χ2v) is 6.25. The smallest absolute Gasteiger partial charge is 0.306 e. The lowest BCUT2D eigenvalue weighted by molar-refractivity contribution is -0.154. The number of hydrogen-bond acceptors (Lipinski definition) is 3. The Kier molecular flexibility index (Phi) is 4.13. The van der Waals surface area contributed by atoms with Crippen molar-refractivity contribution in [2.75, 3.05) is 19.8 Å². The number of ether oxygens (including phenoxy) is 1. The standard InChI is InChI=1S/C14H23NO4/c1-14(2)9-19-7-6-15(14)12(16)10-4-3-5-11(8-10)13(17)18/h10-11H,3-9H2,1-2H3,(H,17,18). The molecule has 5 nitrogen and oxygen atoms in total. The molecule has 2 atom stereocenters. The third kappa shape index (κ3) is 3.08. The number of amides is 1. The van der Waals surface area contributed by atoms with Crippen LogP contribution in [-0.4, -0.2) is 47.2 Å². The number of hydrogen-bond donors (Lipinski definition) is 1. The van der Waals surface area contributed by atoms with Crippen molar-refractivity contribution in [1.29, 1.82) is 0 Å². The average Bonchev–Trinajstić information content (AvgIpc) is 2.37. The van der Waals surface area contributed by atoms with Crippen LogP contribution in [0.1, 0.15) is 39.5 Å². The van der Waals surface area contributed by atoms with E-state index in [2.05, 4.69) is 0 Å². The van der Waals surface area contributed by atoms with Gasteiger partial charge in [0.05, 0.1) is 24.7 Å². The molecule has 0 radical (unpaired) electrons. The van der Waals surface area contributed by atoms with Crippen molar-refractivity contribution in [1.82, 2.24) is 4.90 Å². The van der Waals surface area contributed by atoms with Gasteiger partial charge in [0.25, 0.3) is 0 Å². The van der Waals surface area contributed by atoms with Gasteiger partial charge >= 0.3 is 5.97 Å². The van der Waals surface area contributed by atoms with Crippen LogP contribution < -0.4 is 0 Å². The summed E-state index contributed by atoms with van der Waals surface area (Å²) in [7, 11) is 0. The quantitative estimate of drug-likeness (QED) is 0.825. The van der Waals surface area contributed by atoms with Gasteiger partial charge in [0.2, 0.25) is 5.91 Å². The van der Waals surface area contributed by atoms with Gasteiger partial charge in [-0.05, 0) is 33.1 Å². The van der Waals surface area contributed by atoms with Crippen LogP contribution in [0.3, 0.4) is 0 Å². The molecule has 1 saturated carbocycles. The maximum Gasteiger partial charge on any atom is 0.306 e.